The van der Waals surface area contributed by atoms with Crippen LogP contribution < -0.4 is 0 Å². The van der Waals surface area contributed by atoms with Crippen molar-refractivity contribution >= 4 is 5.71 Å². The molecule has 18 heavy (non-hydrogen) atoms. The summed E-state index contributed by atoms with van der Waals surface area (Å²) < 4.78 is 13.9. The topological polar surface area (TPSA) is 41.8 Å². The first-order chi connectivity index (χ1) is 8.64. The molecule has 1 fully saturated rings. The Labute approximate surface area is 105 Å². The number of halogens is 1. The molecule has 96 valence electrons. The molecule has 3 atom stereocenters. The molecule has 3 nitrogen and oxygen atoms in total. The lowest BCUT2D eigenvalue weighted by Gasteiger charge is -2.38. The van der Waals surface area contributed by atoms with Crippen molar-refractivity contribution in [3.63, 3.8) is 0 Å². The van der Waals surface area contributed by atoms with Crippen LogP contribution in [0.3, 0.4) is 0 Å². The molecule has 0 radical (unpaired) electrons. The zero-order valence-electron chi connectivity index (χ0n) is 10.3. The third-order valence-corrected chi connectivity index (χ3v) is 4.22. The molecule has 1 saturated carbocycles. The minimum atomic E-state index is -0.597. The van der Waals surface area contributed by atoms with Gasteiger partial charge in [0.1, 0.15) is 17.6 Å². The quantitative estimate of drug-likeness (QED) is 0.830. The van der Waals surface area contributed by atoms with Gasteiger partial charge in [0, 0.05) is 5.56 Å². The first-order valence-corrected chi connectivity index (χ1v) is 6.31. The van der Waals surface area contributed by atoms with Crippen molar-refractivity contribution in [3.05, 3.63) is 35.6 Å². The van der Waals surface area contributed by atoms with Crippen LogP contribution in [0.1, 0.15) is 31.7 Å². The lowest BCUT2D eigenvalue weighted by atomic mass is 9.67. The van der Waals surface area contributed by atoms with Crippen LogP contribution in [0, 0.1) is 11.2 Å². The fourth-order valence-corrected chi connectivity index (χ4v) is 2.99. The Morgan fingerprint density at radius 1 is 1.39 bits per heavy atom. The summed E-state index contributed by atoms with van der Waals surface area (Å²) in [5.74, 6) is -0.320. The lowest BCUT2D eigenvalue weighted by molar-refractivity contribution is -0.0605. The Morgan fingerprint density at radius 2 is 2.17 bits per heavy atom. The van der Waals surface area contributed by atoms with Crippen LogP contribution in [0.25, 0.3) is 0 Å². The first kappa shape index (κ1) is 11.7. The second-order valence-corrected chi connectivity index (χ2v) is 5.24. The van der Waals surface area contributed by atoms with Gasteiger partial charge in [-0.3, -0.25) is 0 Å². The van der Waals surface area contributed by atoms with Crippen molar-refractivity contribution in [3.8, 4) is 0 Å². The van der Waals surface area contributed by atoms with E-state index >= 15 is 0 Å². The van der Waals surface area contributed by atoms with E-state index in [1.165, 1.54) is 6.07 Å². The SMILES string of the molecule is C[C@]12C(c3ccccc3F)=NO[C@H]1CCC[C@H]2O. The molecule has 4 heteroatoms. The maximum absolute atomic E-state index is 13.9. The summed E-state index contributed by atoms with van der Waals surface area (Å²) in [6.07, 6.45) is 1.81. The Hall–Kier alpha value is -1.42. The highest BCUT2D eigenvalue weighted by Crippen LogP contribution is 2.45. The van der Waals surface area contributed by atoms with E-state index in [9.17, 15) is 9.50 Å². The van der Waals surface area contributed by atoms with Crippen LogP contribution in [0.15, 0.2) is 29.4 Å². The first-order valence-electron chi connectivity index (χ1n) is 6.31. The van der Waals surface area contributed by atoms with E-state index in [1.807, 2.05) is 6.92 Å². The number of nitrogens with zero attached hydrogens (tertiary/aromatic N) is 1. The average molecular weight is 249 g/mol. The van der Waals surface area contributed by atoms with E-state index in [2.05, 4.69) is 5.16 Å². The summed E-state index contributed by atoms with van der Waals surface area (Å²) in [6.45, 7) is 1.92. The molecule has 0 unspecified atom stereocenters. The number of benzene rings is 1. The van der Waals surface area contributed by atoms with Crippen LogP contribution in [0.5, 0.6) is 0 Å². The monoisotopic (exact) mass is 249 g/mol. The number of fused-ring (bicyclic) bond motifs is 1. The van der Waals surface area contributed by atoms with Gasteiger partial charge >= 0.3 is 0 Å². The molecule has 2 aliphatic rings. The molecule has 0 saturated heterocycles. The van der Waals surface area contributed by atoms with Gasteiger partial charge < -0.3 is 9.94 Å². The molecule has 3 rings (SSSR count). The van der Waals surface area contributed by atoms with Gasteiger partial charge in [-0.15, -0.1) is 0 Å². The lowest BCUT2D eigenvalue weighted by Crippen LogP contribution is -2.49. The number of aliphatic hydroxyl groups excluding tert-OH is 1. The molecule has 1 N–H and O–H groups in total. The molecule has 0 aromatic heterocycles. The highest BCUT2D eigenvalue weighted by molar-refractivity contribution is 6.06. The highest BCUT2D eigenvalue weighted by Gasteiger charge is 2.53. The van der Waals surface area contributed by atoms with E-state index in [4.69, 9.17) is 4.84 Å². The zero-order valence-corrected chi connectivity index (χ0v) is 10.3. The van der Waals surface area contributed by atoms with Crippen molar-refractivity contribution in [2.24, 2.45) is 10.6 Å². The van der Waals surface area contributed by atoms with Gasteiger partial charge in [0.15, 0.2) is 0 Å². The zero-order chi connectivity index (χ0) is 12.8. The molecule has 1 aromatic rings. The molecule has 0 amide bonds. The average Bonchev–Trinajstić information content (AvgIpc) is 2.70. The molecular formula is C14H16FNO2. The largest absolute Gasteiger partial charge is 0.392 e. The van der Waals surface area contributed by atoms with E-state index in [1.54, 1.807) is 18.2 Å². The summed E-state index contributed by atoms with van der Waals surface area (Å²) in [4.78, 5) is 5.41. The van der Waals surface area contributed by atoms with Gasteiger partial charge in [-0.2, -0.15) is 0 Å². The molecule has 1 aliphatic carbocycles. The fraction of sp³-hybridized carbons (Fsp3) is 0.500. The molecule has 0 bridgehead atoms. The Balaban J connectivity index is 2.06. The van der Waals surface area contributed by atoms with Gasteiger partial charge in [0.2, 0.25) is 0 Å². The van der Waals surface area contributed by atoms with Crippen LogP contribution in [0.2, 0.25) is 0 Å². The van der Waals surface area contributed by atoms with Crippen LogP contribution in [-0.4, -0.2) is 23.0 Å². The smallest absolute Gasteiger partial charge is 0.141 e. The third-order valence-electron chi connectivity index (χ3n) is 4.22. The summed E-state index contributed by atoms with van der Waals surface area (Å²) >= 11 is 0. The number of rotatable bonds is 1. The minimum absolute atomic E-state index is 0.143. The second kappa shape index (κ2) is 4.05. The summed E-state index contributed by atoms with van der Waals surface area (Å²) in [6, 6.07) is 6.51. The Bertz CT molecular complexity index is 502. The predicted octanol–water partition coefficient (Wildman–Crippen LogP) is 2.48. The van der Waals surface area contributed by atoms with Crippen LogP contribution >= 0.6 is 0 Å². The van der Waals surface area contributed by atoms with Gasteiger partial charge in [-0.05, 0) is 32.3 Å². The van der Waals surface area contributed by atoms with E-state index in [0.717, 1.165) is 12.8 Å². The van der Waals surface area contributed by atoms with Crippen molar-refractivity contribution in [1.82, 2.24) is 0 Å². The van der Waals surface area contributed by atoms with Crippen molar-refractivity contribution in [1.29, 1.82) is 0 Å². The second-order valence-electron chi connectivity index (χ2n) is 5.24. The Kier molecular flexibility index (Phi) is 2.63. The molecule has 1 aromatic carbocycles. The van der Waals surface area contributed by atoms with Gasteiger partial charge in [0.05, 0.1) is 11.5 Å². The number of oxime groups is 1. The number of aliphatic hydroxyl groups is 1. The standard InChI is InChI=1S/C14H16FNO2/c1-14-11(17)7-4-8-12(14)18-16-13(14)9-5-2-3-6-10(9)15/h2-3,5-6,11-12,17H,4,7-8H2,1H3/t11-,12+,14-/m1/s1. The number of hydrogen-bond donors (Lipinski definition) is 1. The minimum Gasteiger partial charge on any atom is -0.392 e. The van der Waals surface area contributed by atoms with Gasteiger partial charge in [0.25, 0.3) is 0 Å². The molecule has 1 heterocycles. The number of hydrogen-bond acceptors (Lipinski definition) is 3. The summed E-state index contributed by atoms with van der Waals surface area (Å²) in [5, 5.41) is 14.3. The highest BCUT2D eigenvalue weighted by atomic mass is 19.1. The maximum atomic E-state index is 13.9. The summed E-state index contributed by atoms with van der Waals surface area (Å²) in [7, 11) is 0. The molecule has 1 aliphatic heterocycles. The normalized spacial score (nSPS) is 34.7. The van der Waals surface area contributed by atoms with Gasteiger partial charge in [-0.25, -0.2) is 4.39 Å². The van der Waals surface area contributed by atoms with Crippen molar-refractivity contribution in [2.45, 2.75) is 38.4 Å². The van der Waals surface area contributed by atoms with E-state index < -0.39 is 11.5 Å². The molecule has 0 spiro atoms. The fourth-order valence-electron chi connectivity index (χ4n) is 2.99. The van der Waals surface area contributed by atoms with Gasteiger partial charge in [-0.1, -0.05) is 23.4 Å². The molecular weight excluding hydrogens is 233 g/mol. The maximum Gasteiger partial charge on any atom is 0.141 e. The van der Waals surface area contributed by atoms with Crippen LogP contribution in [-0.2, 0) is 4.84 Å². The Morgan fingerprint density at radius 3 is 2.94 bits per heavy atom. The van der Waals surface area contributed by atoms with E-state index in [-0.39, 0.29) is 11.9 Å². The third kappa shape index (κ3) is 1.48. The van der Waals surface area contributed by atoms with Crippen LogP contribution in [0.4, 0.5) is 4.39 Å². The summed E-state index contributed by atoms with van der Waals surface area (Å²) in [5.41, 5.74) is 0.377. The predicted molar refractivity (Wildman–Crippen MR) is 65.8 cm³/mol. The van der Waals surface area contributed by atoms with E-state index in [0.29, 0.717) is 17.7 Å². The van der Waals surface area contributed by atoms with Crippen molar-refractivity contribution < 1.29 is 14.3 Å². The van der Waals surface area contributed by atoms with Crippen molar-refractivity contribution in [2.75, 3.05) is 0 Å².